The minimum absolute atomic E-state index is 0.0610. The highest BCUT2D eigenvalue weighted by Crippen LogP contribution is 2.35. The van der Waals surface area contributed by atoms with Crippen LogP contribution in [0.5, 0.6) is 0 Å². The molecule has 0 bridgehead atoms. The van der Waals surface area contributed by atoms with E-state index >= 15 is 0 Å². The SMILES string of the molecule is COC(=O)C1CC(=O)N(C)c2ccccc21. The number of hydrogen-bond donors (Lipinski definition) is 0. The summed E-state index contributed by atoms with van der Waals surface area (Å²) in [7, 11) is 3.06. The fourth-order valence-corrected chi connectivity index (χ4v) is 2.00. The molecule has 1 unspecified atom stereocenters. The molecule has 0 radical (unpaired) electrons. The maximum atomic E-state index is 11.7. The number of fused-ring (bicyclic) bond motifs is 1. The summed E-state index contributed by atoms with van der Waals surface area (Å²) in [6.45, 7) is 0. The van der Waals surface area contributed by atoms with Crippen molar-refractivity contribution in [3.8, 4) is 0 Å². The second kappa shape index (κ2) is 3.96. The van der Waals surface area contributed by atoms with E-state index in [0.29, 0.717) is 0 Å². The predicted octanol–water partition coefficient (Wildman–Crippen LogP) is 1.31. The molecule has 0 spiro atoms. The fraction of sp³-hybridized carbons (Fsp3) is 0.333. The minimum Gasteiger partial charge on any atom is -0.469 e. The number of hydrogen-bond acceptors (Lipinski definition) is 3. The van der Waals surface area contributed by atoms with E-state index in [0.717, 1.165) is 11.3 Å². The summed E-state index contributed by atoms with van der Waals surface area (Å²) in [6.07, 6.45) is 0.181. The number of esters is 1. The van der Waals surface area contributed by atoms with Crippen molar-refractivity contribution >= 4 is 17.6 Å². The van der Waals surface area contributed by atoms with Gasteiger partial charge < -0.3 is 9.64 Å². The lowest BCUT2D eigenvalue weighted by Crippen LogP contribution is -2.35. The molecule has 0 saturated heterocycles. The second-order valence-electron chi connectivity index (χ2n) is 3.79. The molecule has 0 aliphatic carbocycles. The number of para-hydroxylation sites is 1. The highest BCUT2D eigenvalue weighted by Gasteiger charge is 2.33. The van der Waals surface area contributed by atoms with E-state index in [4.69, 9.17) is 4.74 Å². The number of carbonyl (C=O) groups excluding carboxylic acids is 2. The Morgan fingerprint density at radius 3 is 2.81 bits per heavy atom. The Morgan fingerprint density at radius 2 is 2.12 bits per heavy atom. The van der Waals surface area contributed by atoms with E-state index in [2.05, 4.69) is 0 Å². The van der Waals surface area contributed by atoms with Crippen LogP contribution in [0.25, 0.3) is 0 Å². The van der Waals surface area contributed by atoms with Crippen molar-refractivity contribution in [3.63, 3.8) is 0 Å². The lowest BCUT2D eigenvalue weighted by atomic mass is 9.90. The molecular weight excluding hydrogens is 206 g/mol. The van der Waals surface area contributed by atoms with Crippen LogP contribution < -0.4 is 4.90 Å². The molecule has 1 aliphatic rings. The predicted molar refractivity (Wildman–Crippen MR) is 59.2 cm³/mol. The first-order chi connectivity index (χ1) is 7.65. The molecule has 1 aromatic carbocycles. The molecule has 4 heteroatoms. The summed E-state index contributed by atoms with van der Waals surface area (Å²) in [6, 6.07) is 7.41. The van der Waals surface area contributed by atoms with E-state index in [1.807, 2.05) is 24.3 Å². The van der Waals surface area contributed by atoms with Crippen LogP contribution in [-0.2, 0) is 14.3 Å². The van der Waals surface area contributed by atoms with Crippen molar-refractivity contribution < 1.29 is 14.3 Å². The normalized spacial score (nSPS) is 19.2. The Hall–Kier alpha value is -1.84. The van der Waals surface area contributed by atoms with Crippen LogP contribution in [0.1, 0.15) is 17.9 Å². The molecule has 0 fully saturated rings. The number of benzene rings is 1. The summed E-state index contributed by atoms with van der Waals surface area (Å²) in [5, 5.41) is 0. The zero-order chi connectivity index (χ0) is 11.7. The van der Waals surface area contributed by atoms with Crippen LogP contribution in [0, 0.1) is 0 Å². The molecule has 84 valence electrons. The van der Waals surface area contributed by atoms with Gasteiger partial charge in [-0.15, -0.1) is 0 Å². The Morgan fingerprint density at radius 1 is 1.44 bits per heavy atom. The summed E-state index contributed by atoms with van der Waals surface area (Å²) in [5.41, 5.74) is 1.64. The number of carbonyl (C=O) groups is 2. The Bertz CT molecular complexity index is 442. The average Bonchev–Trinajstić information content (AvgIpc) is 2.33. The largest absolute Gasteiger partial charge is 0.469 e. The molecule has 0 N–H and O–H groups in total. The van der Waals surface area contributed by atoms with E-state index in [-0.39, 0.29) is 18.3 Å². The number of anilines is 1. The van der Waals surface area contributed by atoms with Gasteiger partial charge >= 0.3 is 5.97 Å². The van der Waals surface area contributed by atoms with Gasteiger partial charge in [0.2, 0.25) is 5.91 Å². The number of methoxy groups -OCH3 is 1. The summed E-state index contributed by atoms with van der Waals surface area (Å²) in [5.74, 6) is -0.882. The van der Waals surface area contributed by atoms with Gasteiger partial charge in [0.1, 0.15) is 0 Å². The fourth-order valence-electron chi connectivity index (χ4n) is 2.00. The molecule has 1 atom stereocenters. The van der Waals surface area contributed by atoms with Crippen LogP contribution in [0.15, 0.2) is 24.3 Å². The first-order valence-corrected chi connectivity index (χ1v) is 5.08. The van der Waals surface area contributed by atoms with Crippen molar-refractivity contribution in [3.05, 3.63) is 29.8 Å². The van der Waals surface area contributed by atoms with Gasteiger partial charge in [-0.3, -0.25) is 9.59 Å². The Balaban J connectivity index is 2.49. The number of amides is 1. The standard InChI is InChI=1S/C12H13NO3/c1-13-10-6-4-3-5-8(10)9(7-11(13)14)12(15)16-2/h3-6,9H,7H2,1-2H3. The molecule has 1 aromatic rings. The topological polar surface area (TPSA) is 46.6 Å². The maximum absolute atomic E-state index is 11.7. The van der Waals surface area contributed by atoms with Crippen LogP contribution in [0.3, 0.4) is 0 Å². The van der Waals surface area contributed by atoms with Crippen LogP contribution in [-0.4, -0.2) is 26.0 Å². The van der Waals surface area contributed by atoms with Crippen molar-refractivity contribution in [2.45, 2.75) is 12.3 Å². The monoisotopic (exact) mass is 219 g/mol. The summed E-state index contributed by atoms with van der Waals surface area (Å²) >= 11 is 0. The van der Waals surface area contributed by atoms with E-state index in [1.165, 1.54) is 7.11 Å². The molecule has 0 saturated carbocycles. The Kier molecular flexibility index (Phi) is 2.64. The number of rotatable bonds is 1. The molecule has 16 heavy (non-hydrogen) atoms. The minimum atomic E-state index is -0.468. The van der Waals surface area contributed by atoms with E-state index in [1.54, 1.807) is 11.9 Å². The first-order valence-electron chi connectivity index (χ1n) is 5.08. The van der Waals surface area contributed by atoms with Gasteiger partial charge in [0, 0.05) is 19.2 Å². The third-order valence-corrected chi connectivity index (χ3v) is 2.91. The Labute approximate surface area is 93.8 Å². The molecule has 0 aromatic heterocycles. The summed E-state index contributed by atoms with van der Waals surface area (Å²) in [4.78, 5) is 24.9. The van der Waals surface area contributed by atoms with Gasteiger partial charge in [-0.2, -0.15) is 0 Å². The van der Waals surface area contributed by atoms with Crippen molar-refractivity contribution in [1.29, 1.82) is 0 Å². The first kappa shape index (κ1) is 10.7. The van der Waals surface area contributed by atoms with E-state index < -0.39 is 5.92 Å². The van der Waals surface area contributed by atoms with Crippen LogP contribution in [0.4, 0.5) is 5.69 Å². The molecule has 1 amide bonds. The number of ether oxygens (including phenoxy) is 1. The van der Waals surface area contributed by atoms with Crippen LogP contribution >= 0.6 is 0 Å². The zero-order valence-electron chi connectivity index (χ0n) is 9.27. The molecule has 4 nitrogen and oxygen atoms in total. The summed E-state index contributed by atoms with van der Waals surface area (Å²) < 4.78 is 4.72. The van der Waals surface area contributed by atoms with Crippen molar-refractivity contribution in [2.75, 3.05) is 19.1 Å². The highest BCUT2D eigenvalue weighted by atomic mass is 16.5. The van der Waals surface area contributed by atoms with Crippen molar-refractivity contribution in [1.82, 2.24) is 0 Å². The van der Waals surface area contributed by atoms with Crippen LogP contribution in [0.2, 0.25) is 0 Å². The molecule has 1 heterocycles. The van der Waals surface area contributed by atoms with Gasteiger partial charge in [0.25, 0.3) is 0 Å². The lowest BCUT2D eigenvalue weighted by Gasteiger charge is -2.30. The molecule has 1 aliphatic heterocycles. The van der Waals surface area contributed by atoms with Crippen molar-refractivity contribution in [2.24, 2.45) is 0 Å². The highest BCUT2D eigenvalue weighted by molar-refractivity contribution is 6.01. The lowest BCUT2D eigenvalue weighted by molar-refractivity contribution is -0.144. The average molecular weight is 219 g/mol. The van der Waals surface area contributed by atoms with Gasteiger partial charge in [-0.1, -0.05) is 18.2 Å². The van der Waals surface area contributed by atoms with Gasteiger partial charge in [-0.05, 0) is 11.6 Å². The van der Waals surface area contributed by atoms with Gasteiger partial charge in [0.05, 0.1) is 13.0 Å². The number of nitrogens with zero attached hydrogens (tertiary/aromatic N) is 1. The van der Waals surface area contributed by atoms with E-state index in [9.17, 15) is 9.59 Å². The van der Waals surface area contributed by atoms with Gasteiger partial charge in [-0.25, -0.2) is 0 Å². The molecular formula is C12H13NO3. The third kappa shape index (κ3) is 1.56. The quantitative estimate of drug-likeness (QED) is 0.669. The molecule has 2 rings (SSSR count). The van der Waals surface area contributed by atoms with Gasteiger partial charge in [0.15, 0.2) is 0 Å². The maximum Gasteiger partial charge on any atom is 0.313 e. The second-order valence-corrected chi connectivity index (χ2v) is 3.79. The zero-order valence-corrected chi connectivity index (χ0v) is 9.27. The third-order valence-electron chi connectivity index (χ3n) is 2.91. The smallest absolute Gasteiger partial charge is 0.313 e.